The molecule has 0 aliphatic carbocycles. The van der Waals surface area contributed by atoms with Crippen molar-refractivity contribution in [2.45, 2.75) is 59.0 Å². The molecule has 0 unspecified atom stereocenters. The monoisotopic (exact) mass is 440 g/mol. The SMILES string of the molecule is CCCCNC(=O)[C@@H](C)N(Cc1ccc(OC)cc1)C(=O)COc1ccccc1C(C)C. The predicted molar refractivity (Wildman–Crippen MR) is 127 cm³/mol. The Morgan fingerprint density at radius 2 is 1.72 bits per heavy atom. The van der Waals surface area contributed by atoms with Gasteiger partial charge in [-0.05, 0) is 48.6 Å². The quantitative estimate of drug-likeness (QED) is 0.493. The normalized spacial score (nSPS) is 11.7. The summed E-state index contributed by atoms with van der Waals surface area (Å²) < 4.78 is 11.1. The first-order valence-corrected chi connectivity index (χ1v) is 11.3. The third-order valence-electron chi connectivity index (χ3n) is 5.40. The maximum absolute atomic E-state index is 13.2. The molecule has 0 fully saturated rings. The standard InChI is InChI=1S/C26H36N2O4/c1-6-7-16-27-26(30)20(4)28(17-21-12-14-22(31-5)15-13-21)25(29)18-32-24-11-9-8-10-23(24)19(2)3/h8-15,19-20H,6-7,16-18H2,1-5H3,(H,27,30)/t20-/m1/s1. The van der Waals surface area contributed by atoms with Gasteiger partial charge >= 0.3 is 0 Å². The highest BCUT2D eigenvalue weighted by Crippen LogP contribution is 2.26. The Morgan fingerprint density at radius 3 is 2.34 bits per heavy atom. The molecule has 174 valence electrons. The topological polar surface area (TPSA) is 67.9 Å². The van der Waals surface area contributed by atoms with Crippen molar-refractivity contribution in [1.29, 1.82) is 0 Å². The second kappa shape index (κ2) is 12.7. The van der Waals surface area contributed by atoms with E-state index in [-0.39, 0.29) is 24.3 Å². The van der Waals surface area contributed by atoms with Crippen LogP contribution in [0.3, 0.4) is 0 Å². The number of unbranched alkanes of at least 4 members (excludes halogenated alkanes) is 1. The van der Waals surface area contributed by atoms with Gasteiger partial charge in [0.25, 0.3) is 5.91 Å². The van der Waals surface area contributed by atoms with Gasteiger partial charge in [-0.1, -0.05) is 57.5 Å². The molecule has 0 heterocycles. The van der Waals surface area contributed by atoms with Crippen LogP contribution < -0.4 is 14.8 Å². The fourth-order valence-electron chi connectivity index (χ4n) is 3.36. The van der Waals surface area contributed by atoms with E-state index in [4.69, 9.17) is 9.47 Å². The molecule has 0 aliphatic heterocycles. The first kappa shape index (κ1) is 25.2. The van der Waals surface area contributed by atoms with Crippen LogP contribution in [0.15, 0.2) is 48.5 Å². The minimum absolute atomic E-state index is 0.132. The molecule has 0 saturated heterocycles. The van der Waals surface area contributed by atoms with Crippen LogP contribution in [-0.2, 0) is 16.1 Å². The van der Waals surface area contributed by atoms with Gasteiger partial charge in [0.15, 0.2) is 6.61 Å². The van der Waals surface area contributed by atoms with Gasteiger partial charge in [-0.15, -0.1) is 0 Å². The molecule has 0 spiro atoms. The van der Waals surface area contributed by atoms with Gasteiger partial charge in [-0.25, -0.2) is 0 Å². The number of nitrogens with one attached hydrogen (secondary N) is 1. The number of nitrogens with zero attached hydrogens (tertiary/aromatic N) is 1. The average Bonchev–Trinajstić information content (AvgIpc) is 2.81. The molecule has 2 aromatic carbocycles. The molecule has 2 aromatic rings. The molecule has 6 nitrogen and oxygen atoms in total. The first-order chi connectivity index (χ1) is 15.4. The molecule has 0 saturated carbocycles. The maximum atomic E-state index is 13.2. The van der Waals surface area contributed by atoms with Crippen LogP contribution in [0.2, 0.25) is 0 Å². The Morgan fingerprint density at radius 1 is 1.03 bits per heavy atom. The third kappa shape index (κ3) is 7.29. The Labute approximate surface area is 191 Å². The van der Waals surface area contributed by atoms with Crippen LogP contribution >= 0.6 is 0 Å². The van der Waals surface area contributed by atoms with Crippen molar-refractivity contribution < 1.29 is 19.1 Å². The molecule has 1 N–H and O–H groups in total. The number of methoxy groups -OCH3 is 1. The van der Waals surface area contributed by atoms with E-state index in [1.807, 2.05) is 48.5 Å². The van der Waals surface area contributed by atoms with E-state index < -0.39 is 6.04 Å². The molecule has 0 bridgehead atoms. The Balaban J connectivity index is 2.16. The highest BCUT2D eigenvalue weighted by atomic mass is 16.5. The number of hydrogen-bond donors (Lipinski definition) is 1. The molecule has 0 aliphatic rings. The van der Waals surface area contributed by atoms with Crippen molar-refractivity contribution in [3.63, 3.8) is 0 Å². The maximum Gasteiger partial charge on any atom is 0.261 e. The zero-order chi connectivity index (χ0) is 23.5. The lowest BCUT2D eigenvalue weighted by Crippen LogP contribution is -2.49. The summed E-state index contributed by atoms with van der Waals surface area (Å²) in [6.07, 6.45) is 1.90. The molecule has 2 rings (SSSR count). The van der Waals surface area contributed by atoms with E-state index >= 15 is 0 Å². The van der Waals surface area contributed by atoms with Gasteiger partial charge in [-0.3, -0.25) is 9.59 Å². The van der Waals surface area contributed by atoms with Gasteiger partial charge in [0.05, 0.1) is 7.11 Å². The fraction of sp³-hybridized carbons (Fsp3) is 0.462. The largest absolute Gasteiger partial charge is 0.497 e. The first-order valence-electron chi connectivity index (χ1n) is 11.3. The predicted octanol–water partition coefficient (Wildman–Crippen LogP) is 4.53. The summed E-state index contributed by atoms with van der Waals surface area (Å²) in [4.78, 5) is 27.5. The van der Waals surface area contributed by atoms with Gasteiger partial charge in [0, 0.05) is 13.1 Å². The van der Waals surface area contributed by atoms with Crippen molar-refractivity contribution in [3.05, 3.63) is 59.7 Å². The summed E-state index contributed by atoms with van der Waals surface area (Å²) in [7, 11) is 1.61. The average molecular weight is 441 g/mol. The highest BCUT2D eigenvalue weighted by molar-refractivity contribution is 5.88. The van der Waals surface area contributed by atoms with Crippen LogP contribution in [0.4, 0.5) is 0 Å². The van der Waals surface area contributed by atoms with Gasteiger partial charge in [0.2, 0.25) is 5.91 Å². The summed E-state index contributed by atoms with van der Waals surface area (Å²) in [5.41, 5.74) is 1.96. The fourth-order valence-corrected chi connectivity index (χ4v) is 3.36. The van der Waals surface area contributed by atoms with Gasteiger partial charge in [0.1, 0.15) is 17.5 Å². The minimum Gasteiger partial charge on any atom is -0.497 e. The second-order valence-corrected chi connectivity index (χ2v) is 8.17. The lowest BCUT2D eigenvalue weighted by molar-refractivity contribution is -0.142. The molecule has 0 radical (unpaired) electrons. The van der Waals surface area contributed by atoms with Gasteiger partial charge in [-0.2, -0.15) is 0 Å². The van der Waals surface area contributed by atoms with Crippen molar-refractivity contribution in [2.24, 2.45) is 0 Å². The number of para-hydroxylation sites is 1. The second-order valence-electron chi connectivity index (χ2n) is 8.17. The number of carbonyl (C=O) groups excluding carboxylic acids is 2. The van der Waals surface area contributed by atoms with Crippen LogP contribution in [0, 0.1) is 0 Å². The van der Waals surface area contributed by atoms with Crippen molar-refractivity contribution in [2.75, 3.05) is 20.3 Å². The lowest BCUT2D eigenvalue weighted by atomic mass is 10.0. The number of amides is 2. The molecule has 32 heavy (non-hydrogen) atoms. The smallest absolute Gasteiger partial charge is 0.261 e. The number of hydrogen-bond acceptors (Lipinski definition) is 4. The van der Waals surface area contributed by atoms with Crippen molar-refractivity contribution in [1.82, 2.24) is 10.2 Å². The molecule has 2 amide bonds. The van der Waals surface area contributed by atoms with Crippen molar-refractivity contribution >= 4 is 11.8 Å². The van der Waals surface area contributed by atoms with Crippen molar-refractivity contribution in [3.8, 4) is 11.5 Å². The zero-order valence-electron chi connectivity index (χ0n) is 19.9. The molecule has 0 aromatic heterocycles. The van der Waals surface area contributed by atoms with Crippen LogP contribution in [0.25, 0.3) is 0 Å². The van der Waals surface area contributed by atoms with Gasteiger partial charge < -0.3 is 19.7 Å². The van der Waals surface area contributed by atoms with E-state index in [2.05, 4.69) is 26.1 Å². The van der Waals surface area contributed by atoms with Crippen LogP contribution in [0.1, 0.15) is 57.6 Å². The Kier molecular flexibility index (Phi) is 10.1. The lowest BCUT2D eigenvalue weighted by Gasteiger charge is -2.29. The third-order valence-corrected chi connectivity index (χ3v) is 5.40. The Hall–Kier alpha value is -3.02. The summed E-state index contributed by atoms with van der Waals surface area (Å²) in [6.45, 7) is 8.77. The number of carbonyl (C=O) groups is 2. The summed E-state index contributed by atoms with van der Waals surface area (Å²) in [5, 5.41) is 2.93. The summed E-state index contributed by atoms with van der Waals surface area (Å²) in [5.74, 6) is 1.31. The van der Waals surface area contributed by atoms with E-state index in [1.165, 1.54) is 0 Å². The van der Waals surface area contributed by atoms with E-state index in [9.17, 15) is 9.59 Å². The van der Waals surface area contributed by atoms with E-state index in [0.29, 0.717) is 18.8 Å². The summed E-state index contributed by atoms with van der Waals surface area (Å²) >= 11 is 0. The molecular formula is C26H36N2O4. The molecule has 6 heteroatoms. The van der Waals surface area contributed by atoms with Crippen LogP contribution in [0.5, 0.6) is 11.5 Å². The van der Waals surface area contributed by atoms with Crippen LogP contribution in [-0.4, -0.2) is 43.0 Å². The molecular weight excluding hydrogens is 404 g/mol. The highest BCUT2D eigenvalue weighted by Gasteiger charge is 2.26. The molecule has 1 atom stereocenters. The summed E-state index contributed by atoms with van der Waals surface area (Å²) in [6, 6.07) is 14.6. The Bertz CT molecular complexity index is 864. The minimum atomic E-state index is -0.620. The van der Waals surface area contributed by atoms with E-state index in [1.54, 1.807) is 18.9 Å². The number of ether oxygens (including phenoxy) is 2. The van der Waals surface area contributed by atoms with E-state index in [0.717, 1.165) is 29.7 Å². The zero-order valence-corrected chi connectivity index (χ0v) is 19.9. The number of rotatable bonds is 12. The number of benzene rings is 2.